The first kappa shape index (κ1) is 15.8. The molecule has 24 heavy (non-hydrogen) atoms. The molecule has 0 aliphatic carbocycles. The number of rotatable bonds is 3. The fourth-order valence-corrected chi connectivity index (χ4v) is 4.66. The summed E-state index contributed by atoms with van der Waals surface area (Å²) in [4.78, 5) is 19.5. The van der Waals surface area contributed by atoms with Crippen molar-refractivity contribution in [1.29, 1.82) is 0 Å². The molecular weight excluding hydrogens is 322 g/mol. The van der Waals surface area contributed by atoms with E-state index in [2.05, 4.69) is 11.4 Å². The number of amides is 2. The van der Waals surface area contributed by atoms with E-state index in [9.17, 15) is 4.79 Å². The number of piperidine rings is 1. The van der Waals surface area contributed by atoms with Crippen LogP contribution in [0.4, 0.5) is 4.79 Å². The number of hydrogen-bond acceptors (Lipinski definition) is 4. The van der Waals surface area contributed by atoms with Crippen LogP contribution in [0.1, 0.15) is 36.7 Å². The van der Waals surface area contributed by atoms with Crippen molar-refractivity contribution in [1.82, 2.24) is 15.2 Å². The number of likely N-dealkylation sites (tertiary alicyclic amines) is 1. The Morgan fingerprint density at radius 1 is 1.33 bits per heavy atom. The molecule has 0 radical (unpaired) electrons. The van der Waals surface area contributed by atoms with Crippen LogP contribution < -0.4 is 5.32 Å². The summed E-state index contributed by atoms with van der Waals surface area (Å²) in [6, 6.07) is 8.36. The third-order valence-corrected chi connectivity index (χ3v) is 6.06. The molecule has 0 bridgehead atoms. The van der Waals surface area contributed by atoms with E-state index in [0.29, 0.717) is 12.5 Å². The quantitative estimate of drug-likeness (QED) is 0.925. The minimum Gasteiger partial charge on any atom is -0.381 e. The number of fused-ring (bicyclic) bond motifs is 1. The fourth-order valence-electron chi connectivity index (χ4n) is 3.54. The first-order chi connectivity index (χ1) is 11.8. The predicted molar refractivity (Wildman–Crippen MR) is 95.2 cm³/mol. The van der Waals surface area contributed by atoms with Crippen LogP contribution in [-0.4, -0.2) is 42.2 Å². The fraction of sp³-hybridized carbons (Fsp3) is 0.556. The van der Waals surface area contributed by atoms with Gasteiger partial charge in [-0.1, -0.05) is 12.1 Å². The van der Waals surface area contributed by atoms with Crippen molar-refractivity contribution in [3.63, 3.8) is 0 Å². The van der Waals surface area contributed by atoms with Crippen LogP contribution in [0.25, 0.3) is 10.2 Å². The van der Waals surface area contributed by atoms with Crippen LogP contribution in [-0.2, 0) is 4.74 Å². The molecule has 1 N–H and O–H groups in total. The summed E-state index contributed by atoms with van der Waals surface area (Å²) in [5.74, 6) is 0.458. The smallest absolute Gasteiger partial charge is 0.318 e. The van der Waals surface area contributed by atoms with Gasteiger partial charge in [0.1, 0.15) is 5.01 Å². The monoisotopic (exact) mass is 345 g/mol. The molecule has 2 fully saturated rings. The Bertz CT molecular complexity index is 678. The summed E-state index contributed by atoms with van der Waals surface area (Å²) in [6.45, 7) is 3.11. The third-order valence-electron chi connectivity index (χ3n) is 4.93. The Labute approximate surface area is 146 Å². The van der Waals surface area contributed by atoms with E-state index < -0.39 is 0 Å². The summed E-state index contributed by atoms with van der Waals surface area (Å²) < 4.78 is 6.58. The standard InChI is InChI=1S/C18H23N3O2S/c22-18(19-11-13-8-10-23-12-13)21-9-4-3-6-15(21)17-20-14-5-1-2-7-16(14)24-17/h1-2,5,7,13,15H,3-4,6,8-12H2,(H,19,22)/t13-,15+/m1/s1. The lowest BCUT2D eigenvalue weighted by Gasteiger charge is -2.34. The molecule has 2 aliphatic rings. The first-order valence-electron chi connectivity index (χ1n) is 8.79. The summed E-state index contributed by atoms with van der Waals surface area (Å²) in [7, 11) is 0. The Morgan fingerprint density at radius 3 is 3.08 bits per heavy atom. The van der Waals surface area contributed by atoms with E-state index >= 15 is 0 Å². The Hall–Kier alpha value is -1.66. The van der Waals surface area contributed by atoms with E-state index in [1.54, 1.807) is 11.3 Å². The molecule has 2 aromatic rings. The number of ether oxygens (including phenoxy) is 1. The molecule has 0 unspecified atom stereocenters. The number of aromatic nitrogens is 1. The van der Waals surface area contributed by atoms with Crippen molar-refractivity contribution >= 4 is 27.6 Å². The Morgan fingerprint density at radius 2 is 2.25 bits per heavy atom. The Kier molecular flexibility index (Phi) is 4.67. The van der Waals surface area contributed by atoms with Crippen molar-refractivity contribution in [2.45, 2.75) is 31.7 Å². The molecule has 0 spiro atoms. The molecule has 2 atom stereocenters. The van der Waals surface area contributed by atoms with E-state index in [0.717, 1.165) is 56.0 Å². The van der Waals surface area contributed by atoms with Gasteiger partial charge in [-0.25, -0.2) is 9.78 Å². The van der Waals surface area contributed by atoms with Crippen molar-refractivity contribution in [2.75, 3.05) is 26.3 Å². The molecule has 2 amide bonds. The molecule has 6 heteroatoms. The first-order valence-corrected chi connectivity index (χ1v) is 9.60. The van der Waals surface area contributed by atoms with Crippen molar-refractivity contribution in [2.24, 2.45) is 5.92 Å². The molecule has 128 valence electrons. The van der Waals surface area contributed by atoms with Gasteiger partial charge >= 0.3 is 6.03 Å². The molecule has 5 nitrogen and oxygen atoms in total. The molecule has 0 saturated carbocycles. The van der Waals surface area contributed by atoms with Crippen molar-refractivity contribution in [3.05, 3.63) is 29.3 Å². The minimum absolute atomic E-state index is 0.0471. The highest BCUT2D eigenvalue weighted by atomic mass is 32.1. The van der Waals surface area contributed by atoms with Gasteiger partial charge in [0.05, 0.1) is 22.9 Å². The van der Waals surface area contributed by atoms with Crippen molar-refractivity contribution < 1.29 is 9.53 Å². The van der Waals surface area contributed by atoms with Gasteiger partial charge in [0, 0.05) is 25.6 Å². The lowest BCUT2D eigenvalue weighted by Crippen LogP contribution is -2.45. The van der Waals surface area contributed by atoms with Gasteiger partial charge < -0.3 is 15.0 Å². The van der Waals surface area contributed by atoms with Crippen LogP contribution in [0, 0.1) is 5.92 Å². The van der Waals surface area contributed by atoms with E-state index in [-0.39, 0.29) is 12.1 Å². The highest BCUT2D eigenvalue weighted by Gasteiger charge is 2.30. The van der Waals surface area contributed by atoms with Crippen LogP contribution in [0.15, 0.2) is 24.3 Å². The number of nitrogens with one attached hydrogen (secondary N) is 1. The number of nitrogens with zero attached hydrogens (tertiary/aromatic N) is 2. The predicted octanol–water partition coefficient (Wildman–Crippen LogP) is 3.57. The van der Waals surface area contributed by atoms with Gasteiger partial charge in [0.2, 0.25) is 0 Å². The number of urea groups is 1. The van der Waals surface area contributed by atoms with Gasteiger partial charge in [-0.3, -0.25) is 0 Å². The van der Waals surface area contributed by atoms with Gasteiger partial charge in [-0.15, -0.1) is 11.3 Å². The lowest BCUT2D eigenvalue weighted by molar-refractivity contribution is 0.148. The second-order valence-corrected chi connectivity index (χ2v) is 7.70. The highest BCUT2D eigenvalue weighted by molar-refractivity contribution is 7.18. The highest BCUT2D eigenvalue weighted by Crippen LogP contribution is 2.35. The van der Waals surface area contributed by atoms with Crippen molar-refractivity contribution in [3.8, 4) is 0 Å². The molecule has 4 rings (SSSR count). The summed E-state index contributed by atoms with van der Waals surface area (Å²) in [6.07, 6.45) is 4.27. The molecule has 2 aliphatic heterocycles. The number of carbonyl (C=O) groups excluding carboxylic acids is 1. The summed E-state index contributed by atoms with van der Waals surface area (Å²) in [5, 5.41) is 4.18. The van der Waals surface area contributed by atoms with Gasteiger partial charge in [-0.05, 0) is 37.8 Å². The number of hydrogen-bond donors (Lipinski definition) is 1. The number of carbonyl (C=O) groups is 1. The maximum absolute atomic E-state index is 12.7. The minimum atomic E-state index is 0.0471. The average molecular weight is 345 g/mol. The molecule has 1 aromatic heterocycles. The maximum Gasteiger partial charge on any atom is 0.318 e. The van der Waals surface area contributed by atoms with Crippen LogP contribution in [0.3, 0.4) is 0 Å². The Balaban J connectivity index is 1.48. The summed E-state index contributed by atoms with van der Waals surface area (Å²) >= 11 is 1.72. The van der Waals surface area contributed by atoms with E-state index in [4.69, 9.17) is 9.72 Å². The average Bonchev–Trinajstić information content (AvgIpc) is 3.29. The lowest BCUT2D eigenvalue weighted by atomic mass is 10.0. The van der Waals surface area contributed by atoms with E-state index in [1.165, 1.54) is 4.70 Å². The largest absolute Gasteiger partial charge is 0.381 e. The zero-order valence-corrected chi connectivity index (χ0v) is 14.6. The van der Waals surface area contributed by atoms with Gasteiger partial charge in [0.25, 0.3) is 0 Å². The van der Waals surface area contributed by atoms with Crippen LogP contribution >= 0.6 is 11.3 Å². The SMILES string of the molecule is O=C(NC[C@H]1CCOC1)N1CCCC[C@H]1c1nc2ccccc2s1. The number of benzene rings is 1. The second-order valence-electron chi connectivity index (χ2n) is 6.64. The third kappa shape index (κ3) is 3.26. The molecular formula is C18H23N3O2S. The van der Waals surface area contributed by atoms with Gasteiger partial charge in [-0.2, -0.15) is 0 Å². The number of thiazole rings is 1. The van der Waals surface area contributed by atoms with Crippen LogP contribution in [0.2, 0.25) is 0 Å². The van der Waals surface area contributed by atoms with E-state index in [1.807, 2.05) is 23.1 Å². The zero-order valence-electron chi connectivity index (χ0n) is 13.7. The van der Waals surface area contributed by atoms with Crippen LogP contribution in [0.5, 0.6) is 0 Å². The zero-order chi connectivity index (χ0) is 16.4. The topological polar surface area (TPSA) is 54.5 Å². The maximum atomic E-state index is 12.7. The molecule has 2 saturated heterocycles. The number of para-hydroxylation sites is 1. The molecule has 1 aromatic carbocycles. The summed E-state index contributed by atoms with van der Waals surface area (Å²) in [5.41, 5.74) is 1.03. The second kappa shape index (κ2) is 7.07. The van der Waals surface area contributed by atoms with Gasteiger partial charge in [0.15, 0.2) is 0 Å². The molecule has 3 heterocycles. The normalized spacial score (nSPS) is 24.4.